The molecule has 0 aliphatic carbocycles. The van der Waals surface area contributed by atoms with Gasteiger partial charge in [0, 0.05) is 12.2 Å². The maximum atomic E-state index is 5.22. The van der Waals surface area contributed by atoms with Crippen LogP contribution in [0.15, 0.2) is 18.3 Å². The van der Waals surface area contributed by atoms with E-state index in [-0.39, 0.29) is 0 Å². The van der Waals surface area contributed by atoms with Gasteiger partial charge in [0.15, 0.2) is 5.11 Å². The Morgan fingerprint density at radius 1 is 1.38 bits per heavy atom. The van der Waals surface area contributed by atoms with E-state index in [0.29, 0.717) is 11.2 Å². The van der Waals surface area contributed by atoms with Crippen LogP contribution in [0, 0.1) is 6.92 Å². The van der Waals surface area contributed by atoms with Crippen LogP contribution in [0.3, 0.4) is 0 Å². The Kier molecular flexibility index (Phi) is 5.19. The molecule has 0 saturated heterocycles. The Labute approximate surface area is 103 Å². The quantitative estimate of drug-likeness (QED) is 0.790. The number of nitrogens with zero attached hydrogens (tertiary/aromatic N) is 1. The number of anilines is 1. The van der Waals surface area contributed by atoms with Gasteiger partial charge >= 0.3 is 0 Å². The average molecular weight is 237 g/mol. The van der Waals surface area contributed by atoms with Gasteiger partial charge in [0.1, 0.15) is 5.82 Å². The highest BCUT2D eigenvalue weighted by Gasteiger charge is 2.05. The molecule has 1 aromatic heterocycles. The lowest BCUT2D eigenvalue weighted by molar-refractivity contribution is 0.573. The van der Waals surface area contributed by atoms with Crippen molar-refractivity contribution in [3.63, 3.8) is 0 Å². The van der Waals surface area contributed by atoms with E-state index in [2.05, 4.69) is 29.5 Å². The summed E-state index contributed by atoms with van der Waals surface area (Å²) in [7, 11) is 0. The fourth-order valence-electron chi connectivity index (χ4n) is 1.37. The first-order chi connectivity index (χ1) is 7.65. The van der Waals surface area contributed by atoms with Gasteiger partial charge in [-0.1, -0.05) is 19.9 Å². The third-order valence-corrected chi connectivity index (χ3v) is 2.69. The van der Waals surface area contributed by atoms with Gasteiger partial charge in [-0.15, -0.1) is 0 Å². The molecule has 0 atom stereocenters. The van der Waals surface area contributed by atoms with Gasteiger partial charge in [0.25, 0.3) is 0 Å². The van der Waals surface area contributed by atoms with E-state index in [0.717, 1.165) is 24.2 Å². The van der Waals surface area contributed by atoms with Gasteiger partial charge in [-0.05, 0) is 43.6 Å². The van der Waals surface area contributed by atoms with Crippen molar-refractivity contribution < 1.29 is 0 Å². The van der Waals surface area contributed by atoms with Crippen molar-refractivity contribution in [2.24, 2.45) is 0 Å². The first kappa shape index (κ1) is 12.9. The van der Waals surface area contributed by atoms with Crippen molar-refractivity contribution in [3.8, 4) is 0 Å². The van der Waals surface area contributed by atoms with E-state index in [1.54, 1.807) is 0 Å². The summed E-state index contributed by atoms with van der Waals surface area (Å²) >= 11 is 5.22. The Morgan fingerprint density at radius 3 is 2.56 bits per heavy atom. The number of aryl methyl sites for hydroxylation is 1. The van der Waals surface area contributed by atoms with Gasteiger partial charge in [0.05, 0.1) is 0 Å². The lowest BCUT2D eigenvalue weighted by Crippen LogP contribution is -2.37. The van der Waals surface area contributed by atoms with Crippen LogP contribution < -0.4 is 10.6 Å². The Morgan fingerprint density at radius 2 is 2.06 bits per heavy atom. The molecule has 2 N–H and O–H groups in total. The molecule has 0 bridgehead atoms. The number of hydrogen-bond donors (Lipinski definition) is 2. The molecule has 0 radical (unpaired) electrons. The molecule has 0 amide bonds. The van der Waals surface area contributed by atoms with Crippen molar-refractivity contribution in [3.05, 3.63) is 23.9 Å². The zero-order valence-electron chi connectivity index (χ0n) is 10.1. The number of pyridine rings is 1. The highest BCUT2D eigenvalue weighted by molar-refractivity contribution is 7.80. The largest absolute Gasteiger partial charge is 0.360 e. The number of aromatic nitrogens is 1. The fraction of sp³-hybridized carbons (Fsp3) is 0.500. The molecule has 88 valence electrons. The van der Waals surface area contributed by atoms with Crippen molar-refractivity contribution in [2.75, 3.05) is 5.32 Å². The van der Waals surface area contributed by atoms with Crippen molar-refractivity contribution in [2.45, 2.75) is 39.7 Å². The first-order valence-electron chi connectivity index (χ1n) is 5.65. The van der Waals surface area contributed by atoms with Crippen LogP contribution in [0.5, 0.6) is 0 Å². The summed E-state index contributed by atoms with van der Waals surface area (Å²) in [6.45, 7) is 6.30. The summed E-state index contributed by atoms with van der Waals surface area (Å²) in [5, 5.41) is 6.98. The minimum atomic E-state index is 0.436. The lowest BCUT2D eigenvalue weighted by atomic mass is 10.2. The molecule has 4 heteroatoms. The second kappa shape index (κ2) is 6.43. The molecule has 3 nitrogen and oxygen atoms in total. The van der Waals surface area contributed by atoms with E-state index in [4.69, 9.17) is 12.2 Å². The highest BCUT2D eigenvalue weighted by atomic mass is 32.1. The standard InChI is InChI=1S/C12H19N3S/c1-4-10(5-2)14-12(16)15-11-7-6-9(3)8-13-11/h6-8,10H,4-5H2,1-3H3,(H2,13,14,15,16). The summed E-state index contributed by atoms with van der Waals surface area (Å²) in [4.78, 5) is 4.24. The minimum Gasteiger partial charge on any atom is -0.360 e. The van der Waals surface area contributed by atoms with Gasteiger partial charge < -0.3 is 10.6 Å². The first-order valence-corrected chi connectivity index (χ1v) is 6.06. The molecule has 0 fully saturated rings. The zero-order chi connectivity index (χ0) is 12.0. The van der Waals surface area contributed by atoms with Crippen LogP contribution in [0.4, 0.5) is 5.82 Å². The summed E-state index contributed by atoms with van der Waals surface area (Å²) < 4.78 is 0. The molecule has 0 aliphatic rings. The third kappa shape index (κ3) is 4.14. The molecule has 1 heterocycles. The molecule has 0 saturated carbocycles. The van der Waals surface area contributed by atoms with Gasteiger partial charge in [-0.3, -0.25) is 0 Å². The molecular formula is C12H19N3S. The highest BCUT2D eigenvalue weighted by Crippen LogP contribution is 2.04. The van der Waals surface area contributed by atoms with Crippen LogP contribution in [-0.4, -0.2) is 16.1 Å². The molecule has 1 rings (SSSR count). The monoisotopic (exact) mass is 237 g/mol. The van der Waals surface area contributed by atoms with Crippen LogP contribution in [-0.2, 0) is 0 Å². The Bertz CT molecular complexity index is 331. The van der Waals surface area contributed by atoms with Crippen LogP contribution in [0.1, 0.15) is 32.3 Å². The zero-order valence-corrected chi connectivity index (χ0v) is 10.9. The van der Waals surface area contributed by atoms with Crippen LogP contribution in [0.25, 0.3) is 0 Å². The summed E-state index contributed by atoms with van der Waals surface area (Å²) in [6, 6.07) is 4.37. The molecule has 0 aromatic carbocycles. The average Bonchev–Trinajstić information content (AvgIpc) is 2.29. The second-order valence-corrected chi connectivity index (χ2v) is 4.24. The summed E-state index contributed by atoms with van der Waals surface area (Å²) in [5.41, 5.74) is 1.14. The molecule has 0 unspecified atom stereocenters. The SMILES string of the molecule is CCC(CC)NC(=S)Nc1ccc(C)cn1. The van der Waals surface area contributed by atoms with Crippen molar-refractivity contribution in [1.29, 1.82) is 0 Å². The third-order valence-electron chi connectivity index (χ3n) is 2.47. The molecule has 0 spiro atoms. The van der Waals surface area contributed by atoms with Crippen molar-refractivity contribution in [1.82, 2.24) is 10.3 Å². The smallest absolute Gasteiger partial charge is 0.172 e. The predicted octanol–water partition coefficient (Wildman–Crippen LogP) is 2.87. The molecular weight excluding hydrogens is 218 g/mol. The number of nitrogens with one attached hydrogen (secondary N) is 2. The van der Waals surface area contributed by atoms with E-state index in [9.17, 15) is 0 Å². The molecule has 1 aromatic rings. The molecule has 16 heavy (non-hydrogen) atoms. The van der Waals surface area contributed by atoms with E-state index >= 15 is 0 Å². The van der Waals surface area contributed by atoms with Crippen molar-refractivity contribution >= 4 is 23.1 Å². The molecule has 0 aliphatic heterocycles. The van der Waals surface area contributed by atoms with E-state index < -0.39 is 0 Å². The number of rotatable bonds is 4. The van der Waals surface area contributed by atoms with E-state index in [1.165, 1.54) is 0 Å². The number of thiocarbonyl (C=S) groups is 1. The minimum absolute atomic E-state index is 0.436. The predicted molar refractivity (Wildman–Crippen MR) is 72.7 cm³/mol. The maximum absolute atomic E-state index is 5.22. The van der Waals surface area contributed by atoms with Crippen LogP contribution >= 0.6 is 12.2 Å². The summed E-state index contributed by atoms with van der Waals surface area (Å²) in [5.74, 6) is 0.786. The van der Waals surface area contributed by atoms with Gasteiger partial charge in [-0.2, -0.15) is 0 Å². The summed E-state index contributed by atoms with van der Waals surface area (Å²) in [6.07, 6.45) is 3.96. The lowest BCUT2D eigenvalue weighted by Gasteiger charge is -2.17. The second-order valence-electron chi connectivity index (χ2n) is 3.83. The van der Waals surface area contributed by atoms with Gasteiger partial charge in [-0.25, -0.2) is 4.98 Å². The number of hydrogen-bond acceptors (Lipinski definition) is 2. The normalized spacial score (nSPS) is 10.2. The fourth-order valence-corrected chi connectivity index (χ4v) is 1.64. The topological polar surface area (TPSA) is 37.0 Å². The van der Waals surface area contributed by atoms with Gasteiger partial charge in [0.2, 0.25) is 0 Å². The maximum Gasteiger partial charge on any atom is 0.172 e. The van der Waals surface area contributed by atoms with Crippen LogP contribution in [0.2, 0.25) is 0 Å². The Balaban J connectivity index is 2.48. The van der Waals surface area contributed by atoms with E-state index in [1.807, 2.05) is 25.3 Å². The Hall–Kier alpha value is -1.16.